The lowest BCUT2D eigenvalue weighted by Crippen LogP contribution is -2.17. The average molecular weight is 473 g/mol. The molecule has 0 fully saturated rings. The Morgan fingerprint density at radius 2 is 1.04 bits per heavy atom. The summed E-state index contributed by atoms with van der Waals surface area (Å²) in [4.78, 5) is 3.22. The molecule has 10 heteroatoms. The quantitative estimate of drug-likeness (QED) is 0.272. The lowest BCUT2D eigenvalue weighted by molar-refractivity contribution is -0.138. The van der Waals surface area contributed by atoms with E-state index in [1.54, 1.807) is 19.0 Å². The summed E-state index contributed by atoms with van der Waals surface area (Å²) >= 11 is 3.21. The van der Waals surface area contributed by atoms with Gasteiger partial charge in [0.1, 0.15) is 6.73 Å². The second-order valence-electron chi connectivity index (χ2n) is 5.75. The number of rotatable bonds is 4. The van der Waals surface area contributed by atoms with Crippen LogP contribution in [0.15, 0.2) is 48.5 Å². The number of aliphatic hydroxyl groups is 1. The molecule has 0 spiro atoms. The van der Waals surface area contributed by atoms with Crippen molar-refractivity contribution in [2.45, 2.75) is 12.4 Å². The minimum Gasteiger partial charge on any atom is -0.376 e. The molecule has 0 aliphatic rings. The van der Waals surface area contributed by atoms with Gasteiger partial charge in [0.05, 0.1) is 16.6 Å². The second kappa shape index (κ2) is 10.0. The highest BCUT2D eigenvalue weighted by Crippen LogP contribution is 2.31. The van der Waals surface area contributed by atoms with E-state index in [1.807, 2.05) is 0 Å². The summed E-state index contributed by atoms with van der Waals surface area (Å²) in [5.41, 5.74) is 0.561. The number of nitrogens with zero attached hydrogens (tertiary/aromatic N) is 2. The number of benzene rings is 2. The minimum atomic E-state index is -4.31. The van der Waals surface area contributed by atoms with Crippen LogP contribution in [0.5, 0.6) is 0 Å². The SMILES string of the molecule is CN(CBr)c1ccc(C(F)(F)F)cc1.CN(CO)c1ccc(C(F)(F)F)cc1. The van der Waals surface area contributed by atoms with Gasteiger partial charge in [-0.2, -0.15) is 26.3 Å². The van der Waals surface area contributed by atoms with Crippen LogP contribution < -0.4 is 9.80 Å². The number of hydrogen-bond donors (Lipinski definition) is 1. The van der Waals surface area contributed by atoms with E-state index in [2.05, 4.69) is 15.9 Å². The second-order valence-corrected chi connectivity index (χ2v) is 6.25. The number of hydrogen-bond acceptors (Lipinski definition) is 3. The Bertz CT molecular complexity index is 653. The fourth-order valence-electron chi connectivity index (χ4n) is 1.96. The van der Waals surface area contributed by atoms with Gasteiger partial charge < -0.3 is 14.9 Å². The molecule has 0 bridgehead atoms. The van der Waals surface area contributed by atoms with Gasteiger partial charge in [-0.1, -0.05) is 15.9 Å². The number of alkyl halides is 7. The van der Waals surface area contributed by atoms with Gasteiger partial charge in [-0.3, -0.25) is 0 Å². The van der Waals surface area contributed by atoms with Crippen LogP contribution in [0.4, 0.5) is 37.7 Å². The first-order valence-corrected chi connectivity index (χ1v) is 8.96. The molecular formula is C18H19BrF6N2O. The van der Waals surface area contributed by atoms with Crippen LogP contribution in [0.3, 0.4) is 0 Å². The zero-order chi connectivity index (χ0) is 21.5. The molecule has 0 radical (unpaired) electrons. The summed E-state index contributed by atoms with van der Waals surface area (Å²) in [6.45, 7) is -0.231. The van der Waals surface area contributed by atoms with E-state index in [1.165, 1.54) is 29.2 Å². The van der Waals surface area contributed by atoms with Crippen LogP contribution in [0.25, 0.3) is 0 Å². The summed E-state index contributed by atoms with van der Waals surface area (Å²) in [7, 11) is 3.37. The molecule has 28 heavy (non-hydrogen) atoms. The Hall–Kier alpha value is -1.94. The maximum atomic E-state index is 12.2. The molecule has 3 nitrogen and oxygen atoms in total. The number of anilines is 2. The smallest absolute Gasteiger partial charge is 0.376 e. The maximum Gasteiger partial charge on any atom is 0.416 e. The van der Waals surface area contributed by atoms with E-state index < -0.39 is 23.5 Å². The van der Waals surface area contributed by atoms with E-state index in [-0.39, 0.29) is 6.73 Å². The zero-order valence-electron chi connectivity index (χ0n) is 15.0. The highest BCUT2D eigenvalue weighted by Gasteiger charge is 2.30. The number of aliphatic hydroxyl groups excluding tert-OH is 1. The first-order chi connectivity index (χ1) is 12.9. The predicted molar refractivity (Wildman–Crippen MR) is 101 cm³/mol. The molecular weight excluding hydrogens is 454 g/mol. The van der Waals surface area contributed by atoms with Gasteiger partial charge in [0.2, 0.25) is 0 Å². The minimum absolute atomic E-state index is 0.231. The Kier molecular flexibility index (Phi) is 8.62. The van der Waals surface area contributed by atoms with E-state index in [0.29, 0.717) is 11.1 Å². The Balaban J connectivity index is 0.000000280. The third-order valence-corrected chi connectivity index (χ3v) is 4.41. The highest BCUT2D eigenvalue weighted by atomic mass is 79.9. The summed E-state index contributed by atoms with van der Waals surface area (Å²) < 4.78 is 73.0. The van der Waals surface area contributed by atoms with Gasteiger partial charge in [0.25, 0.3) is 0 Å². The van der Waals surface area contributed by atoms with Gasteiger partial charge in [-0.05, 0) is 48.5 Å². The van der Waals surface area contributed by atoms with E-state index in [0.717, 1.165) is 30.0 Å². The molecule has 2 aromatic rings. The molecule has 2 aromatic carbocycles. The molecule has 0 saturated carbocycles. The molecule has 156 valence electrons. The van der Waals surface area contributed by atoms with Crippen LogP contribution in [0.1, 0.15) is 11.1 Å². The summed E-state index contributed by atoms with van der Waals surface area (Å²) in [6.07, 6.45) is -8.57. The van der Waals surface area contributed by atoms with E-state index >= 15 is 0 Å². The lowest BCUT2D eigenvalue weighted by atomic mass is 10.2. The molecule has 0 heterocycles. The molecule has 2 rings (SSSR count). The van der Waals surface area contributed by atoms with Crippen molar-refractivity contribution in [3.63, 3.8) is 0 Å². The number of halogens is 7. The van der Waals surface area contributed by atoms with Gasteiger partial charge in [-0.25, -0.2) is 0 Å². The zero-order valence-corrected chi connectivity index (χ0v) is 16.6. The molecule has 0 saturated heterocycles. The summed E-state index contributed by atoms with van der Waals surface area (Å²) in [5, 5.41) is 8.72. The van der Waals surface area contributed by atoms with Crippen LogP contribution >= 0.6 is 15.9 Å². The summed E-state index contributed by atoms with van der Waals surface area (Å²) in [5.74, 6) is 0. The molecule has 0 unspecified atom stereocenters. The standard InChI is InChI=1S/C9H9BrF3N.C9H10F3NO/c1-14(6-10)8-4-2-7(3-5-8)9(11,12)13;1-13(6-14)8-4-2-7(3-5-8)9(10,11)12/h2-5H,6H2,1H3;2-5,14H,6H2,1H3. The average Bonchev–Trinajstić information content (AvgIpc) is 2.66. The third kappa shape index (κ3) is 7.23. The predicted octanol–water partition coefficient (Wildman–Crippen LogP) is 5.59. The van der Waals surface area contributed by atoms with Crippen molar-refractivity contribution < 1.29 is 31.4 Å². The summed E-state index contributed by atoms with van der Waals surface area (Å²) in [6, 6.07) is 9.66. The molecule has 0 amide bonds. The normalized spacial score (nSPS) is 11.5. The van der Waals surface area contributed by atoms with Crippen molar-refractivity contribution in [1.82, 2.24) is 0 Å². The van der Waals surface area contributed by atoms with Crippen molar-refractivity contribution in [3.8, 4) is 0 Å². The fourth-order valence-corrected chi connectivity index (χ4v) is 2.25. The monoisotopic (exact) mass is 472 g/mol. The van der Waals surface area contributed by atoms with E-state index in [9.17, 15) is 26.3 Å². The molecule has 0 aliphatic heterocycles. The van der Waals surface area contributed by atoms with Crippen LogP contribution in [-0.4, -0.2) is 31.4 Å². The molecule has 0 atom stereocenters. The largest absolute Gasteiger partial charge is 0.416 e. The van der Waals surface area contributed by atoms with Crippen molar-refractivity contribution in [2.24, 2.45) is 0 Å². The van der Waals surface area contributed by atoms with E-state index in [4.69, 9.17) is 5.11 Å². The lowest BCUT2D eigenvalue weighted by Gasteiger charge is -2.16. The molecule has 1 N–H and O–H groups in total. The topological polar surface area (TPSA) is 26.7 Å². The Labute approximate surface area is 167 Å². The Morgan fingerprint density at radius 3 is 1.29 bits per heavy atom. The molecule has 0 aliphatic carbocycles. The van der Waals surface area contributed by atoms with Crippen molar-refractivity contribution >= 4 is 27.3 Å². The first-order valence-electron chi connectivity index (χ1n) is 7.83. The van der Waals surface area contributed by atoms with Crippen molar-refractivity contribution in [1.29, 1.82) is 0 Å². The first kappa shape index (κ1) is 24.1. The van der Waals surface area contributed by atoms with Crippen LogP contribution in [0, 0.1) is 0 Å². The van der Waals surface area contributed by atoms with Gasteiger partial charge in [-0.15, -0.1) is 0 Å². The van der Waals surface area contributed by atoms with Gasteiger partial charge in [0.15, 0.2) is 0 Å². The fraction of sp³-hybridized carbons (Fsp3) is 0.333. The molecule has 0 aromatic heterocycles. The van der Waals surface area contributed by atoms with Crippen molar-refractivity contribution in [2.75, 3.05) is 36.1 Å². The van der Waals surface area contributed by atoms with Gasteiger partial charge >= 0.3 is 12.4 Å². The third-order valence-electron chi connectivity index (χ3n) is 3.66. The van der Waals surface area contributed by atoms with Crippen LogP contribution in [-0.2, 0) is 12.4 Å². The van der Waals surface area contributed by atoms with Crippen LogP contribution in [0.2, 0.25) is 0 Å². The maximum absolute atomic E-state index is 12.2. The van der Waals surface area contributed by atoms with Crippen molar-refractivity contribution in [3.05, 3.63) is 59.7 Å². The van der Waals surface area contributed by atoms with Gasteiger partial charge in [0, 0.05) is 25.5 Å². The Morgan fingerprint density at radius 1 is 0.714 bits per heavy atom. The highest BCUT2D eigenvalue weighted by molar-refractivity contribution is 9.09.